The number of hydrogen-bond donors (Lipinski definition) is 2. The second-order valence-corrected chi connectivity index (χ2v) is 13.4. The number of piperidine rings is 2. The number of carboxylic acid groups (broad SMARTS) is 1. The standard InChI is InChI=1S/C36H38F9N3O4/c1-52-28-12-11-23(20-47-15-3-2-4-16-47)30(35(40,41)42)29(28)26-10-6-8-24-22(7-5-9-25(24)26)19-27(31(49)50)46-32(51)33(36(43,44)45)13-17-48(18-14-33)21-34(37,38)39/h5-12,27H,2-4,13-21H2,1H3,(H,46,51)(H,49,50)/t27-/m0/s1. The van der Waals surface area contributed by atoms with Gasteiger partial charge in [-0.15, -0.1) is 0 Å². The quantitative estimate of drug-likeness (QED) is 0.206. The molecule has 284 valence electrons. The smallest absolute Gasteiger partial charge is 0.417 e. The van der Waals surface area contributed by atoms with E-state index in [4.69, 9.17) is 4.74 Å². The number of rotatable bonds is 10. The molecule has 1 atom stereocenters. The van der Waals surface area contributed by atoms with Gasteiger partial charge in [0.1, 0.15) is 17.2 Å². The number of nitrogens with zero attached hydrogens (tertiary/aromatic N) is 2. The van der Waals surface area contributed by atoms with Crippen molar-refractivity contribution in [3.8, 4) is 16.9 Å². The van der Waals surface area contributed by atoms with E-state index in [1.165, 1.54) is 55.6 Å². The third kappa shape index (κ3) is 8.43. The largest absolute Gasteiger partial charge is 0.496 e. The number of aliphatic carboxylic acids is 1. The minimum atomic E-state index is -5.20. The van der Waals surface area contributed by atoms with Gasteiger partial charge in [0.05, 0.1) is 19.2 Å². The van der Waals surface area contributed by atoms with E-state index in [0.29, 0.717) is 18.5 Å². The maximum absolute atomic E-state index is 15.0. The van der Waals surface area contributed by atoms with Crippen molar-refractivity contribution in [1.29, 1.82) is 0 Å². The molecule has 0 spiro atoms. The molecule has 0 bridgehead atoms. The number of carbonyl (C=O) groups is 2. The Balaban J connectivity index is 1.50. The molecule has 16 heteroatoms. The molecule has 1 amide bonds. The number of amides is 1. The van der Waals surface area contributed by atoms with Crippen molar-refractivity contribution in [3.63, 3.8) is 0 Å². The third-order valence-electron chi connectivity index (χ3n) is 10.00. The summed E-state index contributed by atoms with van der Waals surface area (Å²) in [5.41, 5.74) is -3.84. The van der Waals surface area contributed by atoms with Gasteiger partial charge in [0.2, 0.25) is 5.91 Å². The lowest BCUT2D eigenvalue weighted by Gasteiger charge is -2.42. The van der Waals surface area contributed by atoms with E-state index in [1.54, 1.807) is 0 Å². The lowest BCUT2D eigenvalue weighted by atomic mass is 9.76. The van der Waals surface area contributed by atoms with E-state index in [-0.39, 0.29) is 39.9 Å². The van der Waals surface area contributed by atoms with Gasteiger partial charge in [0.15, 0.2) is 0 Å². The van der Waals surface area contributed by atoms with Crippen molar-refractivity contribution in [2.75, 3.05) is 39.8 Å². The molecule has 2 aliphatic heterocycles. The zero-order valence-electron chi connectivity index (χ0n) is 28.1. The summed E-state index contributed by atoms with van der Waals surface area (Å²) in [6.45, 7) is -1.49. The van der Waals surface area contributed by atoms with Crippen LogP contribution < -0.4 is 10.1 Å². The third-order valence-corrected chi connectivity index (χ3v) is 10.00. The van der Waals surface area contributed by atoms with Crippen LogP contribution in [-0.2, 0) is 28.7 Å². The predicted molar refractivity (Wildman–Crippen MR) is 174 cm³/mol. The van der Waals surface area contributed by atoms with Gasteiger partial charge in [0.25, 0.3) is 0 Å². The first-order chi connectivity index (χ1) is 24.3. The van der Waals surface area contributed by atoms with Crippen LogP contribution in [0.5, 0.6) is 5.75 Å². The van der Waals surface area contributed by atoms with Crippen molar-refractivity contribution in [3.05, 3.63) is 65.2 Å². The lowest BCUT2D eigenvalue weighted by Crippen LogP contribution is -2.59. The average Bonchev–Trinajstić information content (AvgIpc) is 3.06. The van der Waals surface area contributed by atoms with Gasteiger partial charge >= 0.3 is 24.5 Å². The fourth-order valence-corrected chi connectivity index (χ4v) is 7.35. The van der Waals surface area contributed by atoms with Crippen LogP contribution in [-0.4, -0.2) is 85.0 Å². The minimum absolute atomic E-state index is 0.0508. The Labute approximate surface area is 293 Å². The van der Waals surface area contributed by atoms with Gasteiger partial charge in [-0.3, -0.25) is 14.6 Å². The number of alkyl halides is 9. The van der Waals surface area contributed by atoms with Gasteiger partial charge in [0, 0.05) is 18.5 Å². The molecule has 0 radical (unpaired) electrons. The number of halogens is 9. The van der Waals surface area contributed by atoms with Crippen LogP contribution in [0.3, 0.4) is 0 Å². The lowest BCUT2D eigenvalue weighted by molar-refractivity contribution is -0.236. The summed E-state index contributed by atoms with van der Waals surface area (Å²) in [4.78, 5) is 28.4. The molecule has 2 saturated heterocycles. The molecular weight excluding hydrogens is 709 g/mol. The van der Waals surface area contributed by atoms with Crippen molar-refractivity contribution in [2.24, 2.45) is 5.41 Å². The molecular formula is C36H38F9N3O4. The number of likely N-dealkylation sites (tertiary alicyclic amines) is 2. The summed E-state index contributed by atoms with van der Waals surface area (Å²) < 4.78 is 132. The van der Waals surface area contributed by atoms with Crippen molar-refractivity contribution < 1.29 is 58.9 Å². The summed E-state index contributed by atoms with van der Waals surface area (Å²) in [5.74, 6) is -3.41. The summed E-state index contributed by atoms with van der Waals surface area (Å²) in [6, 6.07) is 9.87. The molecule has 2 fully saturated rings. The number of carboxylic acids is 1. The van der Waals surface area contributed by atoms with Crippen LogP contribution >= 0.6 is 0 Å². The minimum Gasteiger partial charge on any atom is -0.496 e. The zero-order chi connectivity index (χ0) is 38.1. The van der Waals surface area contributed by atoms with Gasteiger partial charge in [-0.2, -0.15) is 39.5 Å². The number of benzene rings is 3. The fourth-order valence-electron chi connectivity index (χ4n) is 7.35. The van der Waals surface area contributed by atoms with Crippen LogP contribution in [0.2, 0.25) is 0 Å². The van der Waals surface area contributed by atoms with Crippen LogP contribution in [0, 0.1) is 5.41 Å². The second-order valence-electron chi connectivity index (χ2n) is 13.4. The number of nitrogens with one attached hydrogen (secondary N) is 1. The van der Waals surface area contributed by atoms with Crippen molar-refractivity contribution in [2.45, 2.75) is 69.6 Å². The van der Waals surface area contributed by atoms with Crippen LogP contribution in [0.4, 0.5) is 39.5 Å². The number of hydrogen-bond acceptors (Lipinski definition) is 5. The van der Waals surface area contributed by atoms with Gasteiger partial charge in [-0.25, -0.2) is 4.79 Å². The molecule has 2 heterocycles. The topological polar surface area (TPSA) is 82.1 Å². The highest BCUT2D eigenvalue weighted by Gasteiger charge is 2.61. The van der Waals surface area contributed by atoms with Crippen LogP contribution in [0.15, 0.2) is 48.5 Å². The Kier molecular flexibility index (Phi) is 11.4. The maximum Gasteiger partial charge on any atom is 0.417 e. The Hall–Kier alpha value is -4.05. The Morgan fingerprint density at radius 1 is 0.827 bits per heavy atom. The van der Waals surface area contributed by atoms with Gasteiger partial charge < -0.3 is 15.2 Å². The summed E-state index contributed by atoms with van der Waals surface area (Å²) in [6.07, 6.45) is -14.5. The molecule has 0 saturated carbocycles. The molecule has 2 aliphatic rings. The normalized spacial score (nSPS) is 18.3. The van der Waals surface area contributed by atoms with E-state index < -0.39 is 86.3 Å². The molecule has 0 aliphatic carbocycles. The average molecular weight is 748 g/mol. The summed E-state index contributed by atoms with van der Waals surface area (Å²) >= 11 is 0. The fraction of sp³-hybridized carbons (Fsp3) is 0.500. The van der Waals surface area contributed by atoms with Gasteiger partial charge in [-0.1, -0.05) is 48.9 Å². The van der Waals surface area contributed by atoms with E-state index >= 15 is 0 Å². The molecule has 7 nitrogen and oxygen atoms in total. The zero-order valence-corrected chi connectivity index (χ0v) is 28.1. The highest BCUT2D eigenvalue weighted by atomic mass is 19.4. The second kappa shape index (κ2) is 15.1. The first kappa shape index (κ1) is 39.2. The number of carbonyl (C=O) groups excluding carboxylic acids is 1. The van der Waals surface area contributed by atoms with Crippen LogP contribution in [0.25, 0.3) is 21.9 Å². The molecule has 0 unspecified atom stereocenters. The highest BCUT2D eigenvalue weighted by molar-refractivity contribution is 6.01. The highest BCUT2D eigenvalue weighted by Crippen LogP contribution is 2.48. The summed E-state index contributed by atoms with van der Waals surface area (Å²) in [7, 11) is 1.24. The van der Waals surface area contributed by atoms with E-state index in [0.717, 1.165) is 24.2 Å². The molecule has 52 heavy (non-hydrogen) atoms. The SMILES string of the molecule is COc1ccc(CN2CCCCC2)c(C(F)(F)F)c1-c1cccc2c(C[C@H](NC(=O)C3(C(F)(F)F)CCN(CC(F)(F)F)CC3)C(=O)O)cccc12. The Morgan fingerprint density at radius 2 is 1.46 bits per heavy atom. The molecule has 0 aromatic heterocycles. The molecule has 3 aromatic rings. The van der Waals surface area contributed by atoms with Crippen molar-refractivity contribution in [1.82, 2.24) is 15.1 Å². The first-order valence-corrected chi connectivity index (χ1v) is 16.7. The molecule has 3 aromatic carbocycles. The van der Waals surface area contributed by atoms with Gasteiger partial charge in [-0.05, 0) is 85.4 Å². The summed E-state index contributed by atoms with van der Waals surface area (Å²) in [5, 5.41) is 12.6. The first-order valence-electron chi connectivity index (χ1n) is 16.7. The van der Waals surface area contributed by atoms with Crippen LogP contribution in [0.1, 0.15) is 48.8 Å². The van der Waals surface area contributed by atoms with E-state index in [9.17, 15) is 54.2 Å². The Bertz CT molecular complexity index is 1760. The van der Waals surface area contributed by atoms with E-state index in [2.05, 4.69) is 0 Å². The Morgan fingerprint density at radius 3 is 2.04 bits per heavy atom. The van der Waals surface area contributed by atoms with E-state index in [1.807, 2.05) is 10.2 Å². The monoisotopic (exact) mass is 747 g/mol. The molecule has 5 rings (SSSR count). The molecule has 2 N–H and O–H groups in total. The number of methoxy groups -OCH3 is 1. The van der Waals surface area contributed by atoms with Crippen molar-refractivity contribution >= 4 is 22.6 Å². The maximum atomic E-state index is 15.0. The number of ether oxygens (including phenoxy) is 1. The predicted octanol–water partition coefficient (Wildman–Crippen LogP) is 7.84. The number of fused-ring (bicyclic) bond motifs is 1.